The number of benzene rings is 1. The number of nitrogens with zero attached hydrogens (tertiary/aromatic N) is 2. The first-order valence-corrected chi connectivity index (χ1v) is 5.57. The fraction of sp³-hybridized carbons (Fsp3) is 0.0769. The number of hydrogen-bond donors (Lipinski definition) is 1. The smallest absolute Gasteiger partial charge is 0.131 e. The first kappa shape index (κ1) is 12.3. The highest BCUT2D eigenvalue weighted by molar-refractivity contribution is 6.33. The van der Waals surface area contributed by atoms with Crippen molar-refractivity contribution in [2.45, 2.75) is 6.92 Å². The summed E-state index contributed by atoms with van der Waals surface area (Å²) in [7, 11) is 0. The van der Waals surface area contributed by atoms with Crippen LogP contribution in [0.3, 0.4) is 0 Å². The molecule has 0 aliphatic heterocycles. The normalized spacial score (nSPS) is 9.89. The Morgan fingerprint density at radius 2 is 2.11 bits per heavy atom. The molecule has 18 heavy (non-hydrogen) atoms. The molecule has 0 aliphatic carbocycles. The molecule has 0 aliphatic rings. The predicted octanol–water partition coefficient (Wildman–Crippen LogP) is 3.80. The van der Waals surface area contributed by atoms with Gasteiger partial charge in [0.15, 0.2) is 0 Å². The van der Waals surface area contributed by atoms with Gasteiger partial charge in [-0.05, 0) is 37.3 Å². The molecule has 1 heterocycles. The Bertz CT molecular complexity index is 635. The Balaban J connectivity index is 2.34. The van der Waals surface area contributed by atoms with Crippen LogP contribution < -0.4 is 5.32 Å². The van der Waals surface area contributed by atoms with Crippen LogP contribution in [0.4, 0.5) is 15.9 Å². The number of pyridine rings is 1. The standard InChI is InChI=1S/C13H9ClFN3/c1-8-4-9(7-16)5-13(17-8)18-12-3-2-10(15)6-11(12)14/h2-6H,1H3,(H,17,18). The summed E-state index contributed by atoms with van der Waals surface area (Å²) in [6.45, 7) is 1.79. The first-order chi connectivity index (χ1) is 8.58. The molecule has 3 nitrogen and oxygen atoms in total. The van der Waals surface area contributed by atoms with Gasteiger partial charge in [0, 0.05) is 5.69 Å². The highest BCUT2D eigenvalue weighted by Crippen LogP contribution is 2.25. The lowest BCUT2D eigenvalue weighted by molar-refractivity contribution is 0.628. The SMILES string of the molecule is Cc1cc(C#N)cc(Nc2ccc(F)cc2Cl)n1. The number of aromatic nitrogens is 1. The van der Waals surface area contributed by atoms with E-state index in [1.807, 2.05) is 6.07 Å². The van der Waals surface area contributed by atoms with Crippen LogP contribution in [-0.2, 0) is 0 Å². The second-order valence-corrected chi connectivity index (χ2v) is 4.15. The van der Waals surface area contributed by atoms with Crippen LogP contribution in [0.5, 0.6) is 0 Å². The summed E-state index contributed by atoms with van der Waals surface area (Å²) in [5.74, 6) is 0.0977. The van der Waals surface area contributed by atoms with E-state index in [1.165, 1.54) is 18.2 Å². The summed E-state index contributed by atoms with van der Waals surface area (Å²) in [6.07, 6.45) is 0. The molecule has 0 saturated heterocycles. The van der Waals surface area contributed by atoms with Gasteiger partial charge in [0.25, 0.3) is 0 Å². The Hall–Kier alpha value is -2.12. The van der Waals surface area contributed by atoms with E-state index < -0.39 is 5.82 Å². The van der Waals surface area contributed by atoms with Crippen molar-refractivity contribution in [2.75, 3.05) is 5.32 Å². The van der Waals surface area contributed by atoms with Crippen LogP contribution >= 0.6 is 11.6 Å². The van der Waals surface area contributed by atoms with Crippen LogP contribution in [0.15, 0.2) is 30.3 Å². The topological polar surface area (TPSA) is 48.7 Å². The van der Waals surface area contributed by atoms with Gasteiger partial charge in [0.2, 0.25) is 0 Å². The van der Waals surface area contributed by atoms with Crippen LogP contribution in [-0.4, -0.2) is 4.98 Å². The number of halogens is 2. The maximum absolute atomic E-state index is 12.9. The molecular weight excluding hydrogens is 253 g/mol. The first-order valence-electron chi connectivity index (χ1n) is 5.19. The Morgan fingerprint density at radius 3 is 2.78 bits per heavy atom. The van der Waals surface area contributed by atoms with Gasteiger partial charge < -0.3 is 5.32 Å². The van der Waals surface area contributed by atoms with E-state index in [4.69, 9.17) is 16.9 Å². The third kappa shape index (κ3) is 2.76. The molecule has 1 aromatic heterocycles. The van der Waals surface area contributed by atoms with Crippen LogP contribution in [0.1, 0.15) is 11.3 Å². The van der Waals surface area contributed by atoms with E-state index in [2.05, 4.69) is 10.3 Å². The van der Waals surface area contributed by atoms with Crippen LogP contribution in [0.2, 0.25) is 5.02 Å². The van der Waals surface area contributed by atoms with Gasteiger partial charge in [-0.25, -0.2) is 9.37 Å². The van der Waals surface area contributed by atoms with E-state index in [1.54, 1.807) is 19.1 Å². The number of anilines is 2. The van der Waals surface area contributed by atoms with Crippen LogP contribution in [0.25, 0.3) is 0 Å². The minimum atomic E-state index is -0.402. The molecule has 90 valence electrons. The van der Waals surface area contributed by atoms with E-state index >= 15 is 0 Å². The van der Waals surface area contributed by atoms with Gasteiger partial charge in [-0.15, -0.1) is 0 Å². The largest absolute Gasteiger partial charge is 0.339 e. The average molecular weight is 262 g/mol. The molecule has 2 rings (SSSR count). The summed E-state index contributed by atoms with van der Waals surface area (Å²) in [5.41, 5.74) is 1.76. The molecule has 0 fully saturated rings. The molecule has 0 unspecified atom stereocenters. The second kappa shape index (κ2) is 5.03. The highest BCUT2D eigenvalue weighted by Gasteiger charge is 2.05. The van der Waals surface area contributed by atoms with Crippen molar-refractivity contribution in [3.63, 3.8) is 0 Å². The molecule has 0 saturated carbocycles. The molecule has 1 N–H and O–H groups in total. The zero-order valence-corrected chi connectivity index (χ0v) is 10.3. The van der Waals surface area contributed by atoms with Gasteiger partial charge >= 0.3 is 0 Å². The van der Waals surface area contributed by atoms with E-state index in [9.17, 15) is 4.39 Å². The third-order valence-electron chi connectivity index (χ3n) is 2.28. The maximum Gasteiger partial charge on any atom is 0.131 e. The monoisotopic (exact) mass is 261 g/mol. The lowest BCUT2D eigenvalue weighted by Gasteiger charge is -2.08. The van der Waals surface area contributed by atoms with Crippen molar-refractivity contribution >= 4 is 23.1 Å². The number of nitrogens with one attached hydrogen (secondary N) is 1. The van der Waals surface area contributed by atoms with Gasteiger partial charge in [-0.3, -0.25) is 0 Å². The molecular formula is C13H9ClFN3. The van der Waals surface area contributed by atoms with Crippen molar-refractivity contribution in [1.29, 1.82) is 5.26 Å². The fourth-order valence-electron chi connectivity index (χ4n) is 1.53. The summed E-state index contributed by atoms with van der Waals surface area (Å²) < 4.78 is 12.9. The molecule has 5 heteroatoms. The molecule has 1 aromatic carbocycles. The minimum Gasteiger partial charge on any atom is -0.339 e. The van der Waals surface area contributed by atoms with E-state index in [0.717, 1.165) is 5.69 Å². The van der Waals surface area contributed by atoms with Crippen molar-refractivity contribution < 1.29 is 4.39 Å². The molecule has 0 spiro atoms. The molecule has 0 atom stereocenters. The van der Waals surface area contributed by atoms with Crippen molar-refractivity contribution in [1.82, 2.24) is 4.98 Å². The summed E-state index contributed by atoms with van der Waals surface area (Å²) >= 11 is 5.90. The zero-order valence-electron chi connectivity index (χ0n) is 9.54. The zero-order chi connectivity index (χ0) is 13.1. The lowest BCUT2D eigenvalue weighted by atomic mass is 10.2. The number of nitriles is 1. The molecule has 0 radical (unpaired) electrons. The molecule has 0 amide bonds. The Labute approximate surface area is 109 Å². The lowest BCUT2D eigenvalue weighted by Crippen LogP contribution is -1.97. The van der Waals surface area contributed by atoms with Gasteiger partial charge in [0.1, 0.15) is 11.6 Å². The van der Waals surface area contributed by atoms with E-state index in [0.29, 0.717) is 17.1 Å². The fourth-order valence-corrected chi connectivity index (χ4v) is 1.74. The van der Waals surface area contributed by atoms with Crippen molar-refractivity contribution in [3.05, 3.63) is 52.4 Å². The third-order valence-corrected chi connectivity index (χ3v) is 2.59. The van der Waals surface area contributed by atoms with Gasteiger partial charge in [0.05, 0.1) is 22.3 Å². The number of aryl methyl sites for hydroxylation is 1. The number of rotatable bonds is 2. The van der Waals surface area contributed by atoms with E-state index in [-0.39, 0.29) is 5.02 Å². The summed E-state index contributed by atoms with van der Waals surface area (Å²) in [6, 6.07) is 9.36. The van der Waals surface area contributed by atoms with Crippen molar-refractivity contribution in [3.8, 4) is 6.07 Å². The Morgan fingerprint density at radius 1 is 1.33 bits per heavy atom. The molecule has 2 aromatic rings. The minimum absolute atomic E-state index is 0.261. The van der Waals surface area contributed by atoms with Gasteiger partial charge in [-0.1, -0.05) is 11.6 Å². The van der Waals surface area contributed by atoms with Crippen LogP contribution in [0, 0.1) is 24.1 Å². The number of hydrogen-bond acceptors (Lipinski definition) is 3. The Kier molecular flexibility index (Phi) is 3.45. The van der Waals surface area contributed by atoms with Gasteiger partial charge in [-0.2, -0.15) is 5.26 Å². The highest BCUT2D eigenvalue weighted by atomic mass is 35.5. The quantitative estimate of drug-likeness (QED) is 0.895. The predicted molar refractivity (Wildman–Crippen MR) is 68.4 cm³/mol. The molecule has 0 bridgehead atoms. The average Bonchev–Trinajstić information content (AvgIpc) is 2.32. The summed E-state index contributed by atoms with van der Waals surface area (Å²) in [5, 5.41) is 12.1. The van der Waals surface area contributed by atoms with Crippen molar-refractivity contribution in [2.24, 2.45) is 0 Å². The maximum atomic E-state index is 12.9. The second-order valence-electron chi connectivity index (χ2n) is 3.74. The summed E-state index contributed by atoms with van der Waals surface area (Å²) in [4.78, 5) is 4.23.